The quantitative estimate of drug-likeness (QED) is 0.893. The van der Waals surface area contributed by atoms with Gasteiger partial charge in [0.1, 0.15) is 10.8 Å². The van der Waals surface area contributed by atoms with Crippen molar-refractivity contribution in [3.63, 3.8) is 0 Å². The van der Waals surface area contributed by atoms with Crippen molar-refractivity contribution in [1.82, 2.24) is 10.3 Å². The Kier molecular flexibility index (Phi) is 3.14. The zero-order chi connectivity index (χ0) is 12.5. The average Bonchev–Trinajstić information content (AvgIpc) is 3.00. The van der Waals surface area contributed by atoms with E-state index in [1.165, 1.54) is 23.8 Å². The predicted octanol–water partition coefficient (Wildman–Crippen LogP) is 3.68. The molecule has 94 valence electrons. The molecule has 1 aliphatic rings. The van der Waals surface area contributed by atoms with E-state index in [4.69, 9.17) is 0 Å². The molecule has 0 bridgehead atoms. The molecule has 0 aliphatic carbocycles. The van der Waals surface area contributed by atoms with E-state index in [9.17, 15) is 4.39 Å². The normalized spacial score (nSPS) is 19.3. The van der Waals surface area contributed by atoms with Crippen molar-refractivity contribution in [3.05, 3.63) is 40.7 Å². The molecule has 0 unspecified atom stereocenters. The van der Waals surface area contributed by atoms with Crippen LogP contribution in [0.5, 0.6) is 0 Å². The summed E-state index contributed by atoms with van der Waals surface area (Å²) in [5.74, 6) is -0.194. The van der Waals surface area contributed by atoms with Gasteiger partial charge in [-0.05, 0) is 38.4 Å². The number of aryl methyl sites for hydroxylation is 1. The molecule has 1 aromatic carbocycles. The molecule has 1 aromatic heterocycles. The predicted molar refractivity (Wildman–Crippen MR) is 72.2 cm³/mol. The number of nitrogens with zero attached hydrogens (tertiary/aromatic N) is 1. The van der Waals surface area contributed by atoms with Crippen molar-refractivity contribution in [2.45, 2.75) is 25.8 Å². The highest BCUT2D eigenvalue weighted by molar-refractivity contribution is 7.13. The second-order valence-electron chi connectivity index (χ2n) is 4.71. The molecule has 0 saturated carbocycles. The number of thiazole rings is 1. The van der Waals surface area contributed by atoms with E-state index < -0.39 is 0 Å². The Morgan fingerprint density at radius 1 is 1.44 bits per heavy atom. The lowest BCUT2D eigenvalue weighted by molar-refractivity contribution is 0.626. The molecule has 1 fully saturated rings. The van der Waals surface area contributed by atoms with Crippen LogP contribution in [0.25, 0.3) is 10.6 Å². The third kappa shape index (κ3) is 2.18. The van der Waals surface area contributed by atoms with Gasteiger partial charge in [0.15, 0.2) is 0 Å². The molecule has 4 heteroatoms. The molecule has 2 nitrogen and oxygen atoms in total. The second kappa shape index (κ2) is 4.78. The van der Waals surface area contributed by atoms with E-state index in [1.807, 2.05) is 18.4 Å². The average molecular weight is 262 g/mol. The summed E-state index contributed by atoms with van der Waals surface area (Å²) in [6, 6.07) is 5.51. The van der Waals surface area contributed by atoms with E-state index in [0.717, 1.165) is 29.2 Å². The lowest BCUT2D eigenvalue weighted by Gasteiger charge is -2.05. The third-order valence-corrected chi connectivity index (χ3v) is 4.19. The van der Waals surface area contributed by atoms with Gasteiger partial charge in [-0.15, -0.1) is 11.3 Å². The fraction of sp³-hybridized carbons (Fsp3) is 0.357. The van der Waals surface area contributed by atoms with Crippen LogP contribution in [-0.2, 0) is 0 Å². The van der Waals surface area contributed by atoms with Crippen LogP contribution in [0, 0.1) is 12.7 Å². The maximum Gasteiger partial charge on any atom is 0.133 e. The Morgan fingerprint density at radius 2 is 2.33 bits per heavy atom. The smallest absolute Gasteiger partial charge is 0.133 e. The number of nitrogens with one attached hydrogen (secondary N) is 1. The fourth-order valence-electron chi connectivity index (χ4n) is 2.31. The molecule has 1 N–H and O–H groups in total. The summed E-state index contributed by atoms with van der Waals surface area (Å²) in [6.45, 7) is 3.02. The van der Waals surface area contributed by atoms with Crippen LogP contribution in [0.4, 0.5) is 4.39 Å². The molecule has 0 radical (unpaired) electrons. The van der Waals surface area contributed by atoms with Gasteiger partial charge in [-0.25, -0.2) is 9.37 Å². The van der Waals surface area contributed by atoms with Crippen molar-refractivity contribution < 1.29 is 4.39 Å². The topological polar surface area (TPSA) is 24.9 Å². The molecule has 0 amide bonds. The summed E-state index contributed by atoms with van der Waals surface area (Å²) >= 11 is 1.52. The molecule has 18 heavy (non-hydrogen) atoms. The Bertz CT molecular complexity index is 559. The Hall–Kier alpha value is -1.26. The highest BCUT2D eigenvalue weighted by atomic mass is 32.1. The van der Waals surface area contributed by atoms with Crippen molar-refractivity contribution in [1.29, 1.82) is 0 Å². The molecule has 2 aromatic rings. The minimum Gasteiger partial charge on any atom is -0.309 e. The first-order valence-corrected chi connectivity index (χ1v) is 7.07. The molecule has 1 atom stereocenters. The Morgan fingerprint density at radius 3 is 3.11 bits per heavy atom. The van der Waals surface area contributed by atoms with E-state index >= 15 is 0 Å². The number of hydrogen-bond donors (Lipinski definition) is 1. The van der Waals surface area contributed by atoms with Crippen LogP contribution in [0.1, 0.15) is 30.1 Å². The minimum absolute atomic E-state index is 0.194. The van der Waals surface area contributed by atoms with Crippen LogP contribution in [0.2, 0.25) is 0 Å². The number of hydrogen-bond acceptors (Lipinski definition) is 3. The number of halogens is 1. The minimum atomic E-state index is -0.194. The van der Waals surface area contributed by atoms with Gasteiger partial charge in [0.05, 0.1) is 11.7 Å². The largest absolute Gasteiger partial charge is 0.309 e. The molecule has 1 saturated heterocycles. The van der Waals surface area contributed by atoms with Gasteiger partial charge in [0, 0.05) is 10.9 Å². The fourth-order valence-corrected chi connectivity index (χ4v) is 3.20. The van der Waals surface area contributed by atoms with Crippen molar-refractivity contribution in [3.8, 4) is 10.6 Å². The van der Waals surface area contributed by atoms with E-state index in [0.29, 0.717) is 11.6 Å². The molecular formula is C14H15FN2S. The van der Waals surface area contributed by atoms with Crippen LogP contribution in [0.3, 0.4) is 0 Å². The number of rotatable bonds is 2. The SMILES string of the molecule is Cc1ccc(F)c(-c2nc([C@@H]3CCCN3)cs2)c1. The maximum atomic E-state index is 13.8. The summed E-state index contributed by atoms with van der Waals surface area (Å²) in [7, 11) is 0. The van der Waals surface area contributed by atoms with E-state index in [1.54, 1.807) is 6.07 Å². The standard InChI is InChI=1S/C14H15FN2S/c1-9-4-5-11(15)10(7-9)14-17-13(8-18-14)12-3-2-6-16-12/h4-5,7-8,12,16H,2-3,6H2,1H3/t12-/m0/s1. The van der Waals surface area contributed by atoms with Gasteiger partial charge in [-0.3, -0.25) is 0 Å². The Labute approximate surface area is 110 Å². The summed E-state index contributed by atoms with van der Waals surface area (Å²) in [4.78, 5) is 4.58. The third-order valence-electron chi connectivity index (χ3n) is 3.29. The van der Waals surface area contributed by atoms with Gasteiger partial charge in [0.2, 0.25) is 0 Å². The first-order chi connectivity index (χ1) is 8.74. The molecule has 1 aliphatic heterocycles. The van der Waals surface area contributed by atoms with Crippen LogP contribution in [-0.4, -0.2) is 11.5 Å². The van der Waals surface area contributed by atoms with Gasteiger partial charge in [-0.2, -0.15) is 0 Å². The van der Waals surface area contributed by atoms with E-state index in [-0.39, 0.29) is 5.82 Å². The maximum absolute atomic E-state index is 13.8. The first-order valence-electron chi connectivity index (χ1n) is 6.19. The van der Waals surface area contributed by atoms with Crippen LogP contribution in [0.15, 0.2) is 23.6 Å². The summed E-state index contributed by atoms with van der Waals surface area (Å²) < 4.78 is 13.8. The van der Waals surface area contributed by atoms with Crippen molar-refractivity contribution in [2.75, 3.05) is 6.54 Å². The molecule has 2 heterocycles. The van der Waals surface area contributed by atoms with Crippen LogP contribution >= 0.6 is 11.3 Å². The van der Waals surface area contributed by atoms with Gasteiger partial charge >= 0.3 is 0 Å². The monoisotopic (exact) mass is 262 g/mol. The van der Waals surface area contributed by atoms with Crippen molar-refractivity contribution >= 4 is 11.3 Å². The molecular weight excluding hydrogens is 247 g/mol. The zero-order valence-electron chi connectivity index (χ0n) is 10.2. The Balaban J connectivity index is 1.94. The second-order valence-corrected chi connectivity index (χ2v) is 5.57. The summed E-state index contributed by atoms with van der Waals surface area (Å²) in [5.41, 5.74) is 2.72. The summed E-state index contributed by atoms with van der Waals surface area (Å²) in [5, 5.41) is 6.23. The van der Waals surface area contributed by atoms with Crippen molar-refractivity contribution in [2.24, 2.45) is 0 Å². The highest BCUT2D eigenvalue weighted by Gasteiger charge is 2.20. The van der Waals surface area contributed by atoms with E-state index in [2.05, 4.69) is 10.3 Å². The van der Waals surface area contributed by atoms with Gasteiger partial charge < -0.3 is 5.32 Å². The van der Waals surface area contributed by atoms with Gasteiger partial charge in [0.25, 0.3) is 0 Å². The summed E-state index contributed by atoms with van der Waals surface area (Å²) in [6.07, 6.45) is 2.32. The number of benzene rings is 1. The highest BCUT2D eigenvalue weighted by Crippen LogP contribution is 2.31. The zero-order valence-corrected chi connectivity index (χ0v) is 11.1. The molecule has 0 spiro atoms. The lowest BCUT2D eigenvalue weighted by Crippen LogP contribution is -2.12. The lowest BCUT2D eigenvalue weighted by atomic mass is 10.1. The number of aromatic nitrogens is 1. The van der Waals surface area contributed by atoms with Crippen LogP contribution < -0.4 is 5.32 Å². The molecule has 3 rings (SSSR count). The van der Waals surface area contributed by atoms with Gasteiger partial charge in [-0.1, -0.05) is 11.6 Å². The first kappa shape index (κ1) is 11.8.